The molecule has 0 spiro atoms. The Kier molecular flexibility index (Phi) is 1.56. The molecule has 5 heteroatoms. The predicted octanol–water partition coefficient (Wildman–Crippen LogP) is 0.907. The van der Waals surface area contributed by atoms with Crippen LogP contribution in [0.2, 0.25) is 0 Å². The van der Waals surface area contributed by atoms with Crippen LogP contribution in [0.25, 0.3) is 0 Å². The molecule has 1 heterocycles. The van der Waals surface area contributed by atoms with Gasteiger partial charge in [0.25, 0.3) is 0 Å². The Bertz CT molecular complexity index is 346. The van der Waals surface area contributed by atoms with Crippen LogP contribution in [0.4, 0.5) is 0 Å². The van der Waals surface area contributed by atoms with Gasteiger partial charge >= 0.3 is 0 Å². The summed E-state index contributed by atoms with van der Waals surface area (Å²) in [4.78, 5) is 8.22. The number of rotatable bonds is 2. The van der Waals surface area contributed by atoms with Gasteiger partial charge in [0, 0.05) is 7.05 Å². The van der Waals surface area contributed by atoms with E-state index in [1.807, 2.05) is 7.05 Å². The number of aromatic nitrogens is 3. The first kappa shape index (κ1) is 7.58. The molecular formula is C7H8N4S. The van der Waals surface area contributed by atoms with Gasteiger partial charge in [-0.25, -0.2) is 9.98 Å². The van der Waals surface area contributed by atoms with Crippen LogP contribution in [0.3, 0.4) is 0 Å². The first-order valence-corrected chi connectivity index (χ1v) is 4.13. The fraction of sp³-hybridized carbons (Fsp3) is 0.571. The normalized spacial score (nSPS) is 18.4. The second-order valence-corrected chi connectivity index (χ2v) is 3.16. The third-order valence-corrected chi connectivity index (χ3v) is 2.09. The number of aryl methyl sites for hydroxylation is 1. The van der Waals surface area contributed by atoms with E-state index in [0.29, 0.717) is 0 Å². The van der Waals surface area contributed by atoms with Gasteiger partial charge in [-0.2, -0.15) is 5.10 Å². The summed E-state index contributed by atoms with van der Waals surface area (Å²) in [5.41, 5.74) is -0.219. The molecule has 1 saturated carbocycles. The van der Waals surface area contributed by atoms with Gasteiger partial charge < -0.3 is 0 Å². The van der Waals surface area contributed by atoms with Gasteiger partial charge in [0.2, 0.25) is 0 Å². The first-order valence-electron chi connectivity index (χ1n) is 3.72. The number of thiocarbonyl (C=S) groups is 1. The standard InChI is InChI=1S/C7H8N4S/c1-11-4-8-6(10-11)7(2-3-7)9-5-12/h4H,2-3H2,1H3. The molecule has 0 aliphatic heterocycles. The van der Waals surface area contributed by atoms with Gasteiger partial charge in [-0.3, -0.25) is 4.68 Å². The molecule has 1 aromatic rings. The third-order valence-electron chi connectivity index (χ3n) is 2.00. The van der Waals surface area contributed by atoms with Crippen molar-refractivity contribution in [2.75, 3.05) is 0 Å². The Morgan fingerprint density at radius 1 is 1.75 bits per heavy atom. The van der Waals surface area contributed by atoms with E-state index in [2.05, 4.69) is 32.5 Å². The summed E-state index contributed by atoms with van der Waals surface area (Å²) in [7, 11) is 1.84. The van der Waals surface area contributed by atoms with Crippen molar-refractivity contribution in [2.24, 2.45) is 12.0 Å². The minimum Gasteiger partial charge on any atom is -0.256 e. The van der Waals surface area contributed by atoms with E-state index in [9.17, 15) is 0 Å². The van der Waals surface area contributed by atoms with E-state index >= 15 is 0 Å². The summed E-state index contributed by atoms with van der Waals surface area (Å²) in [6, 6.07) is 0. The SMILES string of the molecule is Cn1cnc(C2(N=C=S)CC2)n1. The van der Waals surface area contributed by atoms with Crippen molar-refractivity contribution in [3.05, 3.63) is 12.2 Å². The van der Waals surface area contributed by atoms with Gasteiger partial charge in [-0.15, -0.1) is 0 Å². The lowest BCUT2D eigenvalue weighted by Gasteiger charge is -1.99. The van der Waals surface area contributed by atoms with Crippen LogP contribution in [0, 0.1) is 0 Å². The maximum absolute atomic E-state index is 4.57. The Balaban J connectivity index is 2.36. The van der Waals surface area contributed by atoms with Crippen molar-refractivity contribution >= 4 is 17.4 Å². The van der Waals surface area contributed by atoms with Gasteiger partial charge in [0.15, 0.2) is 5.82 Å². The number of aliphatic imine (C=N–C) groups is 1. The Morgan fingerprint density at radius 2 is 2.50 bits per heavy atom. The zero-order chi connectivity index (χ0) is 8.60. The maximum Gasteiger partial charge on any atom is 0.178 e. The summed E-state index contributed by atoms with van der Waals surface area (Å²) in [6.07, 6.45) is 3.65. The zero-order valence-electron chi connectivity index (χ0n) is 6.69. The summed E-state index contributed by atoms with van der Waals surface area (Å²) in [5.74, 6) is 0.766. The number of nitrogens with zero attached hydrogens (tertiary/aromatic N) is 4. The van der Waals surface area contributed by atoms with E-state index in [1.54, 1.807) is 11.0 Å². The summed E-state index contributed by atoms with van der Waals surface area (Å²) < 4.78 is 1.67. The van der Waals surface area contributed by atoms with E-state index in [-0.39, 0.29) is 5.54 Å². The molecule has 1 aliphatic rings. The molecule has 1 aromatic heterocycles. The Morgan fingerprint density at radius 3 is 2.92 bits per heavy atom. The molecule has 0 aromatic carbocycles. The van der Waals surface area contributed by atoms with Crippen LogP contribution in [0.5, 0.6) is 0 Å². The minimum atomic E-state index is -0.219. The van der Waals surface area contributed by atoms with E-state index in [1.165, 1.54) is 0 Å². The molecule has 62 valence electrons. The molecule has 4 nitrogen and oxygen atoms in total. The molecular weight excluding hydrogens is 172 g/mol. The third kappa shape index (κ3) is 1.07. The lowest BCUT2D eigenvalue weighted by molar-refractivity contribution is 0.654. The van der Waals surface area contributed by atoms with Crippen LogP contribution in [0.15, 0.2) is 11.3 Å². The molecule has 0 N–H and O–H groups in total. The van der Waals surface area contributed by atoms with E-state index in [4.69, 9.17) is 0 Å². The van der Waals surface area contributed by atoms with Crippen LogP contribution in [-0.4, -0.2) is 19.9 Å². The highest BCUT2D eigenvalue weighted by molar-refractivity contribution is 7.78. The molecule has 0 bridgehead atoms. The number of isothiocyanates is 1. The Hall–Kier alpha value is -1.06. The molecule has 2 rings (SSSR count). The minimum absolute atomic E-state index is 0.219. The second-order valence-electron chi connectivity index (χ2n) is 2.98. The average molecular weight is 180 g/mol. The van der Waals surface area contributed by atoms with Crippen LogP contribution >= 0.6 is 12.2 Å². The second kappa shape index (κ2) is 2.47. The highest BCUT2D eigenvalue weighted by atomic mass is 32.1. The van der Waals surface area contributed by atoms with Crippen molar-refractivity contribution in [3.8, 4) is 0 Å². The molecule has 1 fully saturated rings. The molecule has 1 aliphatic carbocycles. The average Bonchev–Trinajstić information content (AvgIpc) is 2.69. The highest BCUT2D eigenvalue weighted by Gasteiger charge is 2.48. The summed E-state index contributed by atoms with van der Waals surface area (Å²) >= 11 is 4.57. The first-order chi connectivity index (χ1) is 5.77. The van der Waals surface area contributed by atoms with Crippen molar-refractivity contribution in [1.29, 1.82) is 0 Å². The van der Waals surface area contributed by atoms with Gasteiger partial charge in [0.1, 0.15) is 11.9 Å². The lowest BCUT2D eigenvalue weighted by atomic mass is 10.3. The van der Waals surface area contributed by atoms with Crippen molar-refractivity contribution < 1.29 is 0 Å². The smallest absolute Gasteiger partial charge is 0.178 e. The highest BCUT2D eigenvalue weighted by Crippen LogP contribution is 2.47. The van der Waals surface area contributed by atoms with E-state index < -0.39 is 0 Å². The summed E-state index contributed by atoms with van der Waals surface area (Å²) in [5, 5.41) is 6.59. The quantitative estimate of drug-likeness (QED) is 0.502. The van der Waals surface area contributed by atoms with Gasteiger partial charge in [-0.1, -0.05) is 0 Å². The molecule has 0 unspecified atom stereocenters. The summed E-state index contributed by atoms with van der Waals surface area (Å²) in [6.45, 7) is 0. The molecule has 0 atom stereocenters. The van der Waals surface area contributed by atoms with Gasteiger partial charge in [0.05, 0.1) is 5.16 Å². The van der Waals surface area contributed by atoms with Crippen LogP contribution in [0.1, 0.15) is 18.7 Å². The van der Waals surface area contributed by atoms with Gasteiger partial charge in [-0.05, 0) is 25.1 Å². The molecule has 0 radical (unpaired) electrons. The molecule has 12 heavy (non-hydrogen) atoms. The topological polar surface area (TPSA) is 43.1 Å². The molecule has 0 amide bonds. The Labute approximate surface area is 75.3 Å². The van der Waals surface area contributed by atoms with Crippen molar-refractivity contribution in [1.82, 2.24) is 14.8 Å². The van der Waals surface area contributed by atoms with Crippen LogP contribution in [-0.2, 0) is 12.6 Å². The maximum atomic E-state index is 4.57. The fourth-order valence-electron chi connectivity index (χ4n) is 1.14. The predicted molar refractivity (Wildman–Crippen MR) is 46.9 cm³/mol. The zero-order valence-corrected chi connectivity index (χ0v) is 7.51. The van der Waals surface area contributed by atoms with E-state index in [0.717, 1.165) is 18.7 Å². The largest absolute Gasteiger partial charge is 0.256 e. The van der Waals surface area contributed by atoms with Crippen LogP contribution < -0.4 is 0 Å². The number of hydrogen-bond donors (Lipinski definition) is 0. The monoisotopic (exact) mass is 180 g/mol. The fourth-order valence-corrected chi connectivity index (χ4v) is 1.32. The van der Waals surface area contributed by atoms with Crippen molar-refractivity contribution in [3.63, 3.8) is 0 Å². The van der Waals surface area contributed by atoms with Crippen molar-refractivity contribution in [2.45, 2.75) is 18.4 Å². The molecule has 0 saturated heterocycles. The lowest BCUT2D eigenvalue weighted by Crippen LogP contribution is -2.05. The number of hydrogen-bond acceptors (Lipinski definition) is 4.